The van der Waals surface area contributed by atoms with Crippen LogP contribution < -0.4 is 9.62 Å². The lowest BCUT2D eigenvalue weighted by Crippen LogP contribution is -2.52. The first-order valence-corrected chi connectivity index (χ1v) is 13.4. The molecular formula is C26H37N3O4S. The van der Waals surface area contributed by atoms with Crippen molar-refractivity contribution in [3.8, 4) is 0 Å². The number of aryl methyl sites for hydroxylation is 3. The van der Waals surface area contributed by atoms with Gasteiger partial charge in [0.2, 0.25) is 21.8 Å². The topological polar surface area (TPSA) is 86.8 Å². The highest BCUT2D eigenvalue weighted by Gasteiger charge is 2.31. The van der Waals surface area contributed by atoms with Gasteiger partial charge in [0.05, 0.1) is 11.9 Å². The molecule has 0 spiro atoms. The number of amides is 2. The monoisotopic (exact) mass is 487 g/mol. The lowest BCUT2D eigenvalue weighted by molar-refractivity contribution is -0.139. The summed E-state index contributed by atoms with van der Waals surface area (Å²) in [4.78, 5) is 28.0. The van der Waals surface area contributed by atoms with Crippen molar-refractivity contribution in [1.29, 1.82) is 0 Å². The zero-order valence-electron chi connectivity index (χ0n) is 21.3. The van der Waals surface area contributed by atoms with Crippen LogP contribution in [0, 0.1) is 20.8 Å². The zero-order valence-corrected chi connectivity index (χ0v) is 22.1. The third kappa shape index (κ3) is 7.06. The van der Waals surface area contributed by atoms with Crippen molar-refractivity contribution >= 4 is 27.5 Å². The Morgan fingerprint density at radius 3 is 2.03 bits per heavy atom. The van der Waals surface area contributed by atoms with Gasteiger partial charge in [-0.25, -0.2) is 8.42 Å². The largest absolute Gasteiger partial charge is 0.352 e. The molecule has 2 amide bonds. The van der Waals surface area contributed by atoms with Crippen molar-refractivity contribution in [1.82, 2.24) is 10.2 Å². The summed E-state index contributed by atoms with van der Waals surface area (Å²) in [5, 5.41) is 2.93. The maximum atomic E-state index is 13.6. The fourth-order valence-electron chi connectivity index (χ4n) is 3.71. The van der Waals surface area contributed by atoms with E-state index in [1.54, 1.807) is 6.92 Å². The van der Waals surface area contributed by atoms with Gasteiger partial charge in [0.15, 0.2) is 0 Å². The average Bonchev–Trinajstić information content (AvgIpc) is 2.76. The summed E-state index contributed by atoms with van der Waals surface area (Å²) in [5.41, 5.74) is 3.95. The van der Waals surface area contributed by atoms with E-state index in [9.17, 15) is 18.0 Å². The van der Waals surface area contributed by atoms with Crippen LogP contribution in [0.25, 0.3) is 0 Å². The first kappa shape index (κ1) is 27.4. The van der Waals surface area contributed by atoms with Crippen molar-refractivity contribution in [3.05, 3.63) is 64.7 Å². The predicted molar refractivity (Wildman–Crippen MR) is 137 cm³/mol. The molecule has 186 valence electrons. The van der Waals surface area contributed by atoms with Gasteiger partial charge in [0, 0.05) is 12.6 Å². The van der Waals surface area contributed by atoms with Crippen LogP contribution in [-0.2, 0) is 26.2 Å². The van der Waals surface area contributed by atoms with Crippen LogP contribution in [0.1, 0.15) is 49.4 Å². The number of hydrogen-bond acceptors (Lipinski definition) is 4. The van der Waals surface area contributed by atoms with Crippen molar-refractivity contribution in [3.63, 3.8) is 0 Å². The van der Waals surface area contributed by atoms with E-state index < -0.39 is 28.5 Å². The van der Waals surface area contributed by atoms with Crippen molar-refractivity contribution in [2.75, 3.05) is 17.1 Å². The molecule has 0 heterocycles. The number of nitrogens with one attached hydrogen (secondary N) is 1. The number of nitrogens with zero attached hydrogens (tertiary/aromatic N) is 2. The van der Waals surface area contributed by atoms with E-state index in [1.165, 1.54) is 4.90 Å². The maximum absolute atomic E-state index is 13.6. The molecule has 34 heavy (non-hydrogen) atoms. The Kier molecular flexibility index (Phi) is 9.27. The molecule has 1 N–H and O–H groups in total. The van der Waals surface area contributed by atoms with Gasteiger partial charge in [-0.3, -0.25) is 13.9 Å². The molecule has 7 nitrogen and oxygen atoms in total. The summed E-state index contributed by atoms with van der Waals surface area (Å²) < 4.78 is 26.6. The molecule has 0 aliphatic rings. The second-order valence-electron chi connectivity index (χ2n) is 9.01. The van der Waals surface area contributed by atoms with E-state index in [1.807, 2.05) is 77.1 Å². The van der Waals surface area contributed by atoms with Gasteiger partial charge in [0.25, 0.3) is 0 Å². The Bertz CT molecular complexity index is 1090. The highest BCUT2D eigenvalue weighted by Crippen LogP contribution is 2.27. The molecule has 0 aromatic heterocycles. The molecule has 0 unspecified atom stereocenters. The van der Waals surface area contributed by atoms with E-state index in [-0.39, 0.29) is 18.5 Å². The van der Waals surface area contributed by atoms with Crippen LogP contribution in [0.15, 0.2) is 42.5 Å². The highest BCUT2D eigenvalue weighted by molar-refractivity contribution is 7.92. The van der Waals surface area contributed by atoms with Crippen LogP contribution in [0.5, 0.6) is 0 Å². The molecule has 0 saturated carbocycles. The molecule has 8 heteroatoms. The van der Waals surface area contributed by atoms with Gasteiger partial charge < -0.3 is 10.2 Å². The molecule has 0 radical (unpaired) electrons. The van der Waals surface area contributed by atoms with Gasteiger partial charge in [-0.15, -0.1) is 0 Å². The van der Waals surface area contributed by atoms with Crippen LogP contribution >= 0.6 is 0 Å². The van der Waals surface area contributed by atoms with Gasteiger partial charge >= 0.3 is 0 Å². The van der Waals surface area contributed by atoms with Gasteiger partial charge in [-0.1, -0.05) is 55.0 Å². The lowest BCUT2D eigenvalue weighted by Gasteiger charge is -2.32. The second-order valence-corrected chi connectivity index (χ2v) is 10.9. The quantitative estimate of drug-likeness (QED) is 0.554. The Morgan fingerprint density at radius 1 is 0.971 bits per heavy atom. The first-order chi connectivity index (χ1) is 15.8. The molecule has 2 atom stereocenters. The standard InChI is InChI=1S/C26H37N3O4S/c1-8-21(5)27-26(31)22(6)28(16-23-14-12-18(2)13-15-23)24(30)17-29(34(7,32)33)25-19(3)10-9-11-20(25)4/h9-15,21-22H,8,16-17H2,1-7H3,(H,27,31)/t21-,22-/m0/s1. The molecule has 2 rings (SSSR count). The van der Waals surface area contributed by atoms with E-state index >= 15 is 0 Å². The summed E-state index contributed by atoms with van der Waals surface area (Å²) in [5.74, 6) is -0.715. The molecule has 0 fully saturated rings. The second kappa shape index (κ2) is 11.5. The maximum Gasteiger partial charge on any atom is 0.244 e. The number of sulfonamides is 1. The minimum atomic E-state index is -3.75. The third-order valence-corrected chi connectivity index (χ3v) is 7.12. The number of anilines is 1. The number of carbonyl (C=O) groups excluding carboxylic acids is 2. The summed E-state index contributed by atoms with van der Waals surface area (Å²) in [7, 11) is -3.75. The summed E-state index contributed by atoms with van der Waals surface area (Å²) >= 11 is 0. The SMILES string of the molecule is CC[C@H](C)NC(=O)[C@H](C)N(Cc1ccc(C)cc1)C(=O)CN(c1c(C)cccc1C)S(C)(=O)=O. The van der Waals surface area contributed by atoms with E-state index in [4.69, 9.17) is 0 Å². The van der Waals surface area contributed by atoms with Crippen LogP contribution in [0.2, 0.25) is 0 Å². The minimum absolute atomic E-state index is 0.0339. The lowest BCUT2D eigenvalue weighted by atomic mass is 10.1. The predicted octanol–water partition coefficient (Wildman–Crippen LogP) is 3.71. The fourth-order valence-corrected chi connectivity index (χ4v) is 4.68. The minimum Gasteiger partial charge on any atom is -0.352 e. The fraction of sp³-hybridized carbons (Fsp3) is 0.462. The van der Waals surface area contributed by atoms with E-state index in [2.05, 4.69) is 5.32 Å². The van der Waals surface area contributed by atoms with E-state index in [0.29, 0.717) is 5.69 Å². The van der Waals surface area contributed by atoms with Crippen LogP contribution in [0.4, 0.5) is 5.69 Å². The third-order valence-electron chi connectivity index (χ3n) is 6.01. The molecule has 0 saturated heterocycles. The summed E-state index contributed by atoms with van der Waals surface area (Å²) in [6.07, 6.45) is 1.86. The molecule has 0 aliphatic carbocycles. The van der Waals surface area contributed by atoms with Gasteiger partial charge in [0.1, 0.15) is 12.6 Å². The molecule has 0 aliphatic heterocycles. The zero-order chi connectivity index (χ0) is 25.6. The molecule has 2 aromatic rings. The summed E-state index contributed by atoms with van der Waals surface area (Å²) in [6.45, 7) is 11.0. The Morgan fingerprint density at radius 2 is 1.53 bits per heavy atom. The smallest absolute Gasteiger partial charge is 0.244 e. The molecule has 0 bridgehead atoms. The first-order valence-electron chi connectivity index (χ1n) is 11.5. The number of benzene rings is 2. The number of para-hydroxylation sites is 1. The van der Waals surface area contributed by atoms with Crippen molar-refractivity contribution in [2.45, 2.75) is 66.6 Å². The van der Waals surface area contributed by atoms with Crippen molar-refractivity contribution < 1.29 is 18.0 Å². The molecule has 2 aromatic carbocycles. The number of rotatable bonds is 10. The van der Waals surface area contributed by atoms with Crippen molar-refractivity contribution in [2.24, 2.45) is 0 Å². The van der Waals surface area contributed by atoms with Gasteiger partial charge in [-0.05, 0) is 57.7 Å². The Hall–Kier alpha value is -2.87. The van der Waals surface area contributed by atoms with Crippen LogP contribution in [-0.4, -0.2) is 50.0 Å². The number of carbonyl (C=O) groups is 2. The normalized spacial score (nSPS) is 13.1. The highest BCUT2D eigenvalue weighted by atomic mass is 32.2. The Labute approximate surface area is 204 Å². The summed E-state index contributed by atoms with van der Waals surface area (Å²) in [6, 6.07) is 12.4. The average molecular weight is 488 g/mol. The van der Waals surface area contributed by atoms with E-state index in [0.717, 1.165) is 39.2 Å². The van der Waals surface area contributed by atoms with Gasteiger partial charge in [-0.2, -0.15) is 0 Å². The number of hydrogen-bond donors (Lipinski definition) is 1. The van der Waals surface area contributed by atoms with Crippen LogP contribution in [0.3, 0.4) is 0 Å². The molecular weight excluding hydrogens is 450 g/mol. The Balaban J connectivity index is 2.43.